The van der Waals surface area contributed by atoms with Crippen molar-refractivity contribution >= 4 is 10.0 Å². The average molecular weight is 236 g/mol. The molecule has 90 valence electrons. The minimum atomic E-state index is -3.20. The van der Waals surface area contributed by atoms with Gasteiger partial charge < -0.3 is 10.5 Å². The van der Waals surface area contributed by atoms with Crippen molar-refractivity contribution in [3.8, 4) is 0 Å². The number of nitrogens with one attached hydrogen (secondary N) is 1. The fourth-order valence-electron chi connectivity index (χ4n) is 1.43. The summed E-state index contributed by atoms with van der Waals surface area (Å²) in [6.07, 6.45) is 1.67. The highest BCUT2D eigenvalue weighted by Crippen LogP contribution is 2.13. The summed E-state index contributed by atoms with van der Waals surface area (Å²) in [7, 11) is -3.20. The maximum atomic E-state index is 11.6. The summed E-state index contributed by atoms with van der Waals surface area (Å²) >= 11 is 0. The second kappa shape index (κ2) is 5.79. The van der Waals surface area contributed by atoms with Gasteiger partial charge in [-0.3, -0.25) is 0 Å². The van der Waals surface area contributed by atoms with Crippen LogP contribution in [0.2, 0.25) is 0 Å². The Morgan fingerprint density at radius 3 is 2.87 bits per heavy atom. The van der Waals surface area contributed by atoms with E-state index in [0.29, 0.717) is 19.7 Å². The van der Waals surface area contributed by atoms with Gasteiger partial charge >= 0.3 is 0 Å². The summed E-state index contributed by atoms with van der Waals surface area (Å²) in [6, 6.07) is 0. The van der Waals surface area contributed by atoms with E-state index >= 15 is 0 Å². The van der Waals surface area contributed by atoms with Crippen LogP contribution < -0.4 is 10.5 Å². The lowest BCUT2D eigenvalue weighted by atomic mass is 10.2. The minimum Gasteiger partial charge on any atom is -0.377 e. The lowest BCUT2D eigenvalue weighted by molar-refractivity contribution is 0.127. The lowest BCUT2D eigenvalue weighted by Gasteiger charge is -2.13. The average Bonchev–Trinajstić information content (AvgIpc) is 2.66. The molecular formula is C9H20N2O3S. The fourth-order valence-corrected chi connectivity index (χ4v) is 2.84. The fraction of sp³-hybridized carbons (Fsp3) is 1.00. The molecule has 1 fully saturated rings. The van der Waals surface area contributed by atoms with Crippen molar-refractivity contribution in [1.29, 1.82) is 0 Å². The Morgan fingerprint density at radius 1 is 1.60 bits per heavy atom. The Balaban J connectivity index is 2.31. The van der Waals surface area contributed by atoms with E-state index in [0.717, 1.165) is 12.8 Å². The van der Waals surface area contributed by atoms with Crippen LogP contribution in [0.5, 0.6) is 0 Å². The molecule has 2 atom stereocenters. The van der Waals surface area contributed by atoms with E-state index in [9.17, 15) is 8.42 Å². The standard InChI is InChI=1S/C9H20N2O3S/c1-8(5-10)6-11-15(12,13)7-9-3-2-4-14-9/h8-9,11H,2-7,10H2,1H3. The second-order valence-corrected chi connectivity index (χ2v) is 5.96. The van der Waals surface area contributed by atoms with Crippen LogP contribution in [0.4, 0.5) is 0 Å². The summed E-state index contributed by atoms with van der Waals surface area (Å²) in [5.74, 6) is 0.244. The van der Waals surface area contributed by atoms with E-state index in [1.54, 1.807) is 0 Å². The number of hydrogen-bond donors (Lipinski definition) is 2. The minimum absolute atomic E-state index is 0.0737. The molecule has 2 unspecified atom stereocenters. The van der Waals surface area contributed by atoms with Crippen LogP contribution in [0.1, 0.15) is 19.8 Å². The molecule has 1 heterocycles. The molecule has 1 saturated heterocycles. The van der Waals surface area contributed by atoms with Gasteiger partial charge in [0.1, 0.15) is 0 Å². The van der Waals surface area contributed by atoms with Crippen molar-refractivity contribution in [1.82, 2.24) is 4.72 Å². The van der Waals surface area contributed by atoms with Gasteiger partial charge in [-0.25, -0.2) is 13.1 Å². The maximum absolute atomic E-state index is 11.6. The summed E-state index contributed by atoms with van der Waals surface area (Å²) in [4.78, 5) is 0. The molecule has 0 saturated carbocycles. The largest absolute Gasteiger partial charge is 0.377 e. The van der Waals surface area contributed by atoms with Gasteiger partial charge in [0.15, 0.2) is 0 Å². The number of rotatable bonds is 6. The third-order valence-electron chi connectivity index (χ3n) is 2.48. The SMILES string of the molecule is CC(CN)CNS(=O)(=O)CC1CCCO1. The molecule has 0 aromatic rings. The third kappa shape index (κ3) is 4.92. The highest BCUT2D eigenvalue weighted by Gasteiger charge is 2.23. The molecular weight excluding hydrogens is 216 g/mol. The zero-order valence-electron chi connectivity index (χ0n) is 9.11. The summed E-state index contributed by atoms with van der Waals surface area (Å²) in [5.41, 5.74) is 5.41. The van der Waals surface area contributed by atoms with Gasteiger partial charge in [-0.05, 0) is 25.3 Å². The topological polar surface area (TPSA) is 81.4 Å². The van der Waals surface area contributed by atoms with E-state index < -0.39 is 10.0 Å². The van der Waals surface area contributed by atoms with E-state index in [-0.39, 0.29) is 17.8 Å². The van der Waals surface area contributed by atoms with Crippen LogP contribution in [-0.2, 0) is 14.8 Å². The van der Waals surface area contributed by atoms with Gasteiger partial charge in [0.25, 0.3) is 0 Å². The van der Waals surface area contributed by atoms with Crippen LogP contribution in [-0.4, -0.2) is 40.0 Å². The third-order valence-corrected chi connectivity index (χ3v) is 3.90. The van der Waals surface area contributed by atoms with Crippen molar-refractivity contribution in [2.75, 3.05) is 25.4 Å². The molecule has 15 heavy (non-hydrogen) atoms. The predicted molar refractivity (Wildman–Crippen MR) is 59.0 cm³/mol. The predicted octanol–water partition coefficient (Wildman–Crippen LogP) is -0.320. The first kappa shape index (κ1) is 12.9. The zero-order valence-corrected chi connectivity index (χ0v) is 9.92. The molecule has 0 radical (unpaired) electrons. The Bertz CT molecular complexity index is 273. The van der Waals surface area contributed by atoms with E-state index in [1.165, 1.54) is 0 Å². The first-order valence-electron chi connectivity index (χ1n) is 5.32. The van der Waals surface area contributed by atoms with E-state index in [1.807, 2.05) is 6.92 Å². The van der Waals surface area contributed by atoms with E-state index in [2.05, 4.69) is 4.72 Å². The van der Waals surface area contributed by atoms with Crippen molar-refractivity contribution in [3.05, 3.63) is 0 Å². The Kier molecular flexibility index (Phi) is 4.98. The molecule has 0 spiro atoms. The molecule has 5 nitrogen and oxygen atoms in total. The quantitative estimate of drug-likeness (QED) is 0.662. The highest BCUT2D eigenvalue weighted by molar-refractivity contribution is 7.89. The van der Waals surface area contributed by atoms with Crippen LogP contribution in [0.25, 0.3) is 0 Å². The van der Waals surface area contributed by atoms with Crippen molar-refractivity contribution in [2.24, 2.45) is 11.7 Å². The van der Waals surface area contributed by atoms with Crippen LogP contribution in [0.3, 0.4) is 0 Å². The highest BCUT2D eigenvalue weighted by atomic mass is 32.2. The van der Waals surface area contributed by atoms with Crippen molar-refractivity contribution in [2.45, 2.75) is 25.9 Å². The van der Waals surface area contributed by atoms with Gasteiger partial charge in [0.2, 0.25) is 10.0 Å². The van der Waals surface area contributed by atoms with Crippen LogP contribution >= 0.6 is 0 Å². The Hall–Kier alpha value is -0.170. The summed E-state index contributed by atoms with van der Waals surface area (Å²) in [5, 5.41) is 0. The molecule has 0 aromatic carbocycles. The molecule has 0 bridgehead atoms. The number of sulfonamides is 1. The van der Waals surface area contributed by atoms with Gasteiger partial charge in [0.05, 0.1) is 11.9 Å². The Labute approximate surface area is 91.4 Å². The number of nitrogens with two attached hydrogens (primary N) is 1. The molecule has 6 heteroatoms. The van der Waals surface area contributed by atoms with Crippen LogP contribution in [0.15, 0.2) is 0 Å². The second-order valence-electron chi connectivity index (χ2n) is 4.11. The van der Waals surface area contributed by atoms with Crippen LogP contribution in [0, 0.1) is 5.92 Å². The van der Waals surface area contributed by atoms with Crippen molar-refractivity contribution < 1.29 is 13.2 Å². The lowest BCUT2D eigenvalue weighted by Crippen LogP contribution is -2.36. The molecule has 0 aromatic heterocycles. The normalized spacial score (nSPS) is 24.3. The molecule has 1 aliphatic heterocycles. The van der Waals surface area contributed by atoms with Gasteiger partial charge in [-0.1, -0.05) is 6.92 Å². The number of ether oxygens (including phenoxy) is 1. The molecule has 0 amide bonds. The first-order chi connectivity index (χ1) is 7.03. The summed E-state index contributed by atoms with van der Waals surface area (Å²) < 4.78 is 31.0. The van der Waals surface area contributed by atoms with Gasteiger partial charge in [-0.15, -0.1) is 0 Å². The molecule has 1 rings (SSSR count). The van der Waals surface area contributed by atoms with Crippen molar-refractivity contribution in [3.63, 3.8) is 0 Å². The Morgan fingerprint density at radius 2 is 2.33 bits per heavy atom. The van der Waals surface area contributed by atoms with E-state index in [4.69, 9.17) is 10.5 Å². The smallest absolute Gasteiger partial charge is 0.214 e. The molecule has 3 N–H and O–H groups in total. The van der Waals surface area contributed by atoms with Gasteiger partial charge in [0, 0.05) is 13.2 Å². The van der Waals surface area contributed by atoms with Gasteiger partial charge in [-0.2, -0.15) is 0 Å². The molecule has 0 aliphatic carbocycles. The molecule has 1 aliphatic rings. The zero-order chi connectivity index (χ0) is 11.3. The summed E-state index contributed by atoms with van der Waals surface area (Å²) in [6.45, 7) is 3.49. The first-order valence-corrected chi connectivity index (χ1v) is 6.97. The number of hydrogen-bond acceptors (Lipinski definition) is 4. The maximum Gasteiger partial charge on any atom is 0.214 e. The monoisotopic (exact) mass is 236 g/mol.